The van der Waals surface area contributed by atoms with Crippen LogP contribution in [0.25, 0.3) is 0 Å². The van der Waals surface area contributed by atoms with E-state index < -0.39 is 17.9 Å². The van der Waals surface area contributed by atoms with Gasteiger partial charge in [-0.3, -0.25) is 0 Å². The summed E-state index contributed by atoms with van der Waals surface area (Å²) >= 11 is 0. The second-order valence-electron chi connectivity index (χ2n) is 2.27. The molecule has 0 aliphatic rings. The number of nitrogens with zero attached hydrogens (tertiary/aromatic N) is 2. The highest BCUT2D eigenvalue weighted by Crippen LogP contribution is 2.11. The molecule has 0 saturated carbocycles. The van der Waals surface area contributed by atoms with Crippen LogP contribution in [0.15, 0.2) is 12.5 Å². The lowest BCUT2D eigenvalue weighted by Crippen LogP contribution is -2.23. The molecule has 1 aromatic heterocycles. The Balaban J connectivity index is 2.74. The van der Waals surface area contributed by atoms with Crippen LogP contribution in [0.4, 0.5) is 4.39 Å². The van der Waals surface area contributed by atoms with Crippen molar-refractivity contribution in [1.82, 2.24) is 9.97 Å². The number of carboxylic acids is 1. The minimum atomic E-state index is -1.18. The van der Waals surface area contributed by atoms with E-state index >= 15 is 0 Å². The van der Waals surface area contributed by atoms with Crippen molar-refractivity contribution < 1.29 is 19.0 Å². The Morgan fingerprint density at radius 3 is 3.00 bits per heavy atom. The number of carboxylic acid groups (broad SMARTS) is 1. The summed E-state index contributed by atoms with van der Waals surface area (Å²) in [6, 6.07) is 0. The monoisotopic (exact) mass is 186 g/mol. The summed E-state index contributed by atoms with van der Waals surface area (Å²) in [6.45, 7) is 1.28. The predicted molar refractivity (Wildman–Crippen MR) is 39.7 cm³/mol. The summed E-state index contributed by atoms with van der Waals surface area (Å²) in [5.74, 6) is -2.32. The summed E-state index contributed by atoms with van der Waals surface area (Å²) < 4.78 is 17.5. The maximum Gasteiger partial charge on any atom is 0.344 e. The Bertz CT molecular complexity index is 318. The van der Waals surface area contributed by atoms with Crippen molar-refractivity contribution in [3.05, 3.63) is 18.3 Å². The molecule has 70 valence electrons. The molecular formula is C7H7FN2O3. The van der Waals surface area contributed by atoms with Gasteiger partial charge >= 0.3 is 5.97 Å². The maximum absolute atomic E-state index is 12.8. The number of carbonyl (C=O) groups is 1. The topological polar surface area (TPSA) is 72.3 Å². The van der Waals surface area contributed by atoms with Gasteiger partial charge in [0.25, 0.3) is 5.88 Å². The maximum atomic E-state index is 12.8. The molecule has 0 saturated heterocycles. The molecule has 0 bridgehead atoms. The fourth-order valence-electron chi connectivity index (χ4n) is 0.606. The van der Waals surface area contributed by atoms with Gasteiger partial charge in [0.2, 0.25) is 5.82 Å². The van der Waals surface area contributed by atoms with Crippen molar-refractivity contribution in [1.29, 1.82) is 0 Å². The van der Waals surface area contributed by atoms with Crippen LogP contribution < -0.4 is 4.74 Å². The van der Waals surface area contributed by atoms with Crippen LogP contribution in [0.5, 0.6) is 5.88 Å². The first-order valence-corrected chi connectivity index (χ1v) is 3.46. The fraction of sp³-hybridized carbons (Fsp3) is 0.286. The van der Waals surface area contributed by atoms with Gasteiger partial charge in [0.05, 0.1) is 6.20 Å². The van der Waals surface area contributed by atoms with E-state index in [-0.39, 0.29) is 5.88 Å². The number of hydrogen-bond donors (Lipinski definition) is 1. The molecule has 5 nitrogen and oxygen atoms in total. The van der Waals surface area contributed by atoms with E-state index in [2.05, 4.69) is 14.7 Å². The lowest BCUT2D eigenvalue weighted by molar-refractivity contribution is -0.144. The third-order valence-electron chi connectivity index (χ3n) is 1.27. The van der Waals surface area contributed by atoms with Crippen molar-refractivity contribution in [3.8, 4) is 5.88 Å². The standard InChI is InChI=1S/C7H7FN2O3/c1-4(7(11)12)13-6-5(8)2-9-3-10-6/h2-4H,1H3,(H,11,12). The highest BCUT2D eigenvalue weighted by Gasteiger charge is 2.15. The molecule has 1 rings (SSSR count). The van der Waals surface area contributed by atoms with E-state index in [1.54, 1.807) is 0 Å². The van der Waals surface area contributed by atoms with E-state index in [0.29, 0.717) is 0 Å². The largest absolute Gasteiger partial charge is 0.479 e. The molecule has 1 aromatic rings. The van der Waals surface area contributed by atoms with Gasteiger partial charge in [0.15, 0.2) is 6.10 Å². The molecule has 13 heavy (non-hydrogen) atoms. The number of rotatable bonds is 3. The van der Waals surface area contributed by atoms with Crippen LogP contribution in [0.1, 0.15) is 6.92 Å². The van der Waals surface area contributed by atoms with E-state index in [1.165, 1.54) is 6.92 Å². The summed E-state index contributed by atoms with van der Waals surface area (Å²) in [5, 5.41) is 8.44. The third kappa shape index (κ3) is 2.36. The van der Waals surface area contributed by atoms with Gasteiger partial charge in [-0.2, -0.15) is 9.37 Å². The van der Waals surface area contributed by atoms with Gasteiger partial charge in [-0.15, -0.1) is 0 Å². The zero-order valence-electron chi connectivity index (χ0n) is 6.77. The van der Waals surface area contributed by atoms with E-state index in [4.69, 9.17) is 5.11 Å². The van der Waals surface area contributed by atoms with Gasteiger partial charge in [-0.05, 0) is 6.92 Å². The molecule has 1 unspecified atom stereocenters. The molecule has 6 heteroatoms. The van der Waals surface area contributed by atoms with Crippen molar-refractivity contribution >= 4 is 5.97 Å². The molecule has 1 heterocycles. The predicted octanol–water partition coefficient (Wildman–Crippen LogP) is 0.468. The molecule has 0 radical (unpaired) electrons. The number of halogens is 1. The average molecular weight is 186 g/mol. The Hall–Kier alpha value is -1.72. The molecule has 0 aliphatic carbocycles. The molecule has 0 fully saturated rings. The second-order valence-corrected chi connectivity index (χ2v) is 2.27. The molecule has 0 spiro atoms. The molecular weight excluding hydrogens is 179 g/mol. The molecule has 1 N–H and O–H groups in total. The van der Waals surface area contributed by atoms with Crippen molar-refractivity contribution in [3.63, 3.8) is 0 Å². The first-order valence-electron chi connectivity index (χ1n) is 3.46. The summed E-state index contributed by atoms with van der Waals surface area (Å²) in [5.41, 5.74) is 0. The number of aliphatic carboxylic acids is 1. The second kappa shape index (κ2) is 3.79. The zero-order chi connectivity index (χ0) is 9.84. The smallest absolute Gasteiger partial charge is 0.344 e. The van der Waals surface area contributed by atoms with Crippen LogP contribution in [0.2, 0.25) is 0 Å². The van der Waals surface area contributed by atoms with Crippen LogP contribution in [-0.4, -0.2) is 27.1 Å². The van der Waals surface area contributed by atoms with E-state index in [0.717, 1.165) is 12.5 Å². The Labute approximate surface area is 73.2 Å². The first-order chi connectivity index (χ1) is 6.11. The van der Waals surface area contributed by atoms with Gasteiger partial charge < -0.3 is 9.84 Å². The van der Waals surface area contributed by atoms with Gasteiger partial charge in [0.1, 0.15) is 6.33 Å². The Morgan fingerprint density at radius 1 is 1.77 bits per heavy atom. The van der Waals surface area contributed by atoms with Gasteiger partial charge in [-0.25, -0.2) is 9.78 Å². The van der Waals surface area contributed by atoms with Crippen molar-refractivity contribution in [2.75, 3.05) is 0 Å². The van der Waals surface area contributed by atoms with Crippen molar-refractivity contribution in [2.24, 2.45) is 0 Å². The average Bonchev–Trinajstić information content (AvgIpc) is 2.08. The lowest BCUT2D eigenvalue weighted by atomic mass is 10.4. The van der Waals surface area contributed by atoms with Gasteiger partial charge in [-0.1, -0.05) is 0 Å². The number of aromatic nitrogens is 2. The summed E-state index contributed by atoms with van der Waals surface area (Å²) in [7, 11) is 0. The van der Waals surface area contributed by atoms with Crippen LogP contribution in [-0.2, 0) is 4.79 Å². The fourth-order valence-corrected chi connectivity index (χ4v) is 0.606. The highest BCUT2D eigenvalue weighted by atomic mass is 19.1. The molecule has 0 aliphatic heterocycles. The van der Waals surface area contributed by atoms with Crippen LogP contribution in [0.3, 0.4) is 0 Å². The Morgan fingerprint density at radius 2 is 2.46 bits per heavy atom. The van der Waals surface area contributed by atoms with E-state index in [9.17, 15) is 9.18 Å². The minimum Gasteiger partial charge on any atom is -0.479 e. The van der Waals surface area contributed by atoms with E-state index in [1.807, 2.05) is 0 Å². The highest BCUT2D eigenvalue weighted by molar-refractivity contribution is 5.72. The SMILES string of the molecule is CC(Oc1ncncc1F)C(=O)O. The molecule has 0 amide bonds. The minimum absolute atomic E-state index is 0.357. The first kappa shape index (κ1) is 9.37. The van der Waals surface area contributed by atoms with Crippen molar-refractivity contribution in [2.45, 2.75) is 13.0 Å². The zero-order valence-corrected chi connectivity index (χ0v) is 6.77. The van der Waals surface area contributed by atoms with Gasteiger partial charge in [0, 0.05) is 0 Å². The Kier molecular flexibility index (Phi) is 2.73. The van der Waals surface area contributed by atoms with Crippen LogP contribution >= 0.6 is 0 Å². The normalized spacial score (nSPS) is 12.2. The summed E-state index contributed by atoms with van der Waals surface area (Å²) in [4.78, 5) is 17.1. The summed E-state index contributed by atoms with van der Waals surface area (Å²) in [6.07, 6.45) is 0.841. The molecule has 0 aromatic carbocycles. The third-order valence-corrected chi connectivity index (χ3v) is 1.27. The lowest BCUT2D eigenvalue weighted by Gasteiger charge is -2.08. The molecule has 1 atom stereocenters. The quantitative estimate of drug-likeness (QED) is 0.742. The number of ether oxygens (including phenoxy) is 1. The number of hydrogen-bond acceptors (Lipinski definition) is 4. The van der Waals surface area contributed by atoms with Crippen LogP contribution in [0, 0.1) is 5.82 Å².